The van der Waals surface area contributed by atoms with E-state index in [4.69, 9.17) is 0 Å². The second-order valence-electron chi connectivity index (χ2n) is 20.4. The molecule has 0 fully saturated rings. The summed E-state index contributed by atoms with van der Waals surface area (Å²) in [5.74, 6) is -1.56. The van der Waals surface area contributed by atoms with Gasteiger partial charge in [-0.15, -0.1) is 71.3 Å². The summed E-state index contributed by atoms with van der Waals surface area (Å²) in [6.45, 7) is 0. The van der Waals surface area contributed by atoms with Crippen LogP contribution < -0.4 is 14.7 Å². The van der Waals surface area contributed by atoms with E-state index in [1.165, 1.54) is 0 Å². The number of para-hydroxylation sites is 3. The first-order chi connectivity index (χ1) is 42.9. The van der Waals surface area contributed by atoms with Gasteiger partial charge in [-0.2, -0.15) is 0 Å². The molecule has 13 rings (SSSR count). The van der Waals surface area contributed by atoms with Crippen molar-refractivity contribution in [3.05, 3.63) is 345 Å². The number of amides is 3. The first-order valence-electron chi connectivity index (χ1n) is 28.3. The molecule has 3 aromatic heterocycles. The molecule has 9 nitrogen and oxygen atoms in total. The zero-order valence-electron chi connectivity index (χ0n) is 47.2. The molecule has 13 aromatic rings. The Hall–Kier alpha value is -11.3. The number of hydrogen-bond donors (Lipinski definition) is 0. The van der Waals surface area contributed by atoms with Crippen molar-refractivity contribution in [1.29, 1.82) is 0 Å². The van der Waals surface area contributed by atoms with E-state index in [-0.39, 0.29) is 36.8 Å². The van der Waals surface area contributed by atoms with Crippen LogP contribution in [0.5, 0.6) is 0 Å². The molecule has 0 saturated carbocycles. The van der Waals surface area contributed by atoms with Gasteiger partial charge in [-0.25, -0.2) is 0 Å². The molecular formula is C78H51IrN6O3. The fourth-order valence-electron chi connectivity index (χ4n) is 10.8. The van der Waals surface area contributed by atoms with Crippen LogP contribution in [-0.2, 0) is 20.1 Å². The predicted octanol–water partition coefficient (Wildman–Crippen LogP) is 18.2. The van der Waals surface area contributed by atoms with Crippen LogP contribution in [0.2, 0.25) is 0 Å². The molecular weight excluding hydrogens is 1260 g/mol. The first kappa shape index (κ1) is 57.2. The maximum atomic E-state index is 16.5. The topological polar surface area (TPSA) is 99.6 Å². The van der Waals surface area contributed by atoms with Crippen LogP contribution in [0.3, 0.4) is 0 Å². The number of anilines is 6. The van der Waals surface area contributed by atoms with Gasteiger partial charge in [-0.1, -0.05) is 199 Å². The third-order valence-electron chi connectivity index (χ3n) is 14.9. The molecule has 10 aromatic carbocycles. The van der Waals surface area contributed by atoms with Gasteiger partial charge in [-0.3, -0.25) is 14.4 Å². The molecule has 0 bridgehead atoms. The molecule has 0 radical (unpaired) electrons. The van der Waals surface area contributed by atoms with Crippen LogP contribution in [0.4, 0.5) is 34.1 Å². The largest absolute Gasteiger partial charge is 3.00 e. The summed E-state index contributed by atoms with van der Waals surface area (Å²) >= 11 is 0. The number of benzene rings is 10. The molecule has 0 N–H and O–H groups in total. The maximum Gasteiger partial charge on any atom is 3.00 e. The van der Waals surface area contributed by atoms with E-state index in [2.05, 4.69) is 33.2 Å². The fraction of sp³-hybridized carbons (Fsp3) is 0. The molecule has 88 heavy (non-hydrogen) atoms. The maximum absolute atomic E-state index is 16.5. The third-order valence-corrected chi connectivity index (χ3v) is 14.9. The van der Waals surface area contributed by atoms with Crippen molar-refractivity contribution in [2.24, 2.45) is 0 Å². The molecule has 0 aliphatic heterocycles. The zero-order valence-corrected chi connectivity index (χ0v) is 49.6. The number of nitrogens with zero attached hydrogens (tertiary/aromatic N) is 6. The standard InChI is InChI=1S/C78H51N6O3.Ir/c85-76(82(64-31-13-4-14-32-64)73-43-40-58(70-37-19-22-46-79-70)52-67(73)55-25-7-1-8-26-55)61-49-62(77(86)83(65-33-15-5-16-34-65)74-44-41-59(71-38-20-23-47-80-71)53-68(74)56-27-9-2-10-28-56)51-63(50-61)78(87)84(66-35-17-6-18-36-66)75-45-42-60(72-39-21-24-48-81-72)54-69(75)57-29-11-3-12-30-57;/h1-39,43-54H;/q-3;+3. The Labute approximate surface area is 524 Å². The Balaban J connectivity index is 0.00000754. The molecule has 3 amide bonds. The molecule has 420 valence electrons. The van der Waals surface area contributed by atoms with E-state index in [0.717, 1.165) is 50.1 Å². The quantitative estimate of drug-likeness (QED) is 0.0948. The Morgan fingerprint density at radius 1 is 0.284 bits per heavy atom. The second-order valence-corrected chi connectivity index (χ2v) is 20.4. The Bertz CT molecular complexity index is 4070. The van der Waals surface area contributed by atoms with E-state index in [1.54, 1.807) is 69.7 Å². The number of aromatic nitrogens is 3. The average molecular weight is 1310 g/mol. The molecule has 0 aliphatic rings. The van der Waals surface area contributed by atoms with Crippen LogP contribution in [0.15, 0.2) is 310 Å². The summed E-state index contributed by atoms with van der Waals surface area (Å²) in [4.78, 5) is 68.4. The van der Waals surface area contributed by atoms with Gasteiger partial charge >= 0.3 is 20.1 Å². The predicted molar refractivity (Wildman–Crippen MR) is 347 cm³/mol. The van der Waals surface area contributed by atoms with E-state index in [1.807, 2.05) is 255 Å². The van der Waals surface area contributed by atoms with Gasteiger partial charge in [0.25, 0.3) is 17.7 Å². The van der Waals surface area contributed by atoms with Crippen LogP contribution >= 0.6 is 0 Å². The average Bonchev–Trinajstić information content (AvgIpc) is 1.67. The van der Waals surface area contributed by atoms with Crippen molar-refractivity contribution in [2.45, 2.75) is 0 Å². The van der Waals surface area contributed by atoms with Crippen LogP contribution in [0, 0.1) is 18.2 Å². The number of rotatable bonds is 15. The minimum absolute atomic E-state index is 0. The Kier molecular flexibility index (Phi) is 17.1. The molecule has 0 aliphatic carbocycles. The van der Waals surface area contributed by atoms with Crippen molar-refractivity contribution in [1.82, 2.24) is 15.0 Å². The Morgan fingerprint density at radius 3 is 0.761 bits per heavy atom. The second kappa shape index (κ2) is 26.3. The smallest absolute Gasteiger partial charge is 0.318 e. The summed E-state index contributed by atoms with van der Waals surface area (Å²) in [6.07, 6.45) is 5.21. The molecule has 10 heteroatoms. The number of hydrogen-bond acceptors (Lipinski definition) is 6. The molecule has 0 spiro atoms. The first-order valence-corrected chi connectivity index (χ1v) is 28.3. The van der Waals surface area contributed by atoms with Crippen LogP contribution in [0.1, 0.15) is 31.1 Å². The minimum atomic E-state index is -0.519. The van der Waals surface area contributed by atoms with E-state index < -0.39 is 17.7 Å². The van der Waals surface area contributed by atoms with Gasteiger partial charge in [0.1, 0.15) is 0 Å². The van der Waals surface area contributed by atoms with Crippen molar-refractivity contribution >= 4 is 51.8 Å². The van der Waals surface area contributed by atoms with E-state index in [0.29, 0.717) is 51.2 Å². The summed E-state index contributed by atoms with van der Waals surface area (Å²) in [6, 6.07) is 101. The molecule has 0 saturated heterocycles. The van der Waals surface area contributed by atoms with Gasteiger partial charge in [0.15, 0.2) is 0 Å². The summed E-state index contributed by atoms with van der Waals surface area (Å²) in [5.41, 5.74) is 12.3. The monoisotopic (exact) mass is 1310 g/mol. The van der Waals surface area contributed by atoms with Gasteiger partial charge < -0.3 is 29.7 Å². The van der Waals surface area contributed by atoms with Crippen molar-refractivity contribution in [3.63, 3.8) is 0 Å². The van der Waals surface area contributed by atoms with Gasteiger partial charge in [-0.05, 0) is 124 Å². The Morgan fingerprint density at radius 2 is 0.523 bits per heavy atom. The van der Waals surface area contributed by atoms with Gasteiger partial charge in [0.05, 0.1) is 0 Å². The summed E-state index contributed by atoms with van der Waals surface area (Å²) in [7, 11) is 0. The number of pyridine rings is 3. The normalized spacial score (nSPS) is 10.8. The molecule has 0 unspecified atom stereocenters. The molecule has 0 atom stereocenters. The summed E-state index contributed by atoms with van der Waals surface area (Å²) < 4.78 is 0. The van der Waals surface area contributed by atoms with Crippen molar-refractivity contribution in [2.75, 3.05) is 14.7 Å². The third kappa shape index (κ3) is 12.0. The van der Waals surface area contributed by atoms with Gasteiger partial charge in [0.2, 0.25) is 0 Å². The molecule has 3 heterocycles. The fourth-order valence-corrected chi connectivity index (χ4v) is 10.8. The minimum Gasteiger partial charge on any atom is -0.318 e. The van der Waals surface area contributed by atoms with E-state index in [9.17, 15) is 0 Å². The van der Waals surface area contributed by atoms with Gasteiger partial charge in [0, 0.05) is 52.3 Å². The van der Waals surface area contributed by atoms with Crippen LogP contribution in [-0.4, -0.2) is 32.7 Å². The SMILES string of the molecule is O=C(c1cc(C(=O)N(c2ccccc2)c2c[c-]c(-c3ccccn3)cc2-c2ccccc2)cc(C(=O)N(c2ccccc2)c2c[c-]c(-c3ccccn3)cc2-c2ccccc2)c1)N(c1ccccc1)c1c[c-]c(-c2ccccn2)cc1-c1ccccc1.[Ir+3]. The van der Waals surface area contributed by atoms with E-state index >= 15 is 14.4 Å². The van der Waals surface area contributed by atoms with Crippen molar-refractivity contribution < 1.29 is 34.5 Å². The number of carbonyl (C=O) groups excluding carboxylic acids is 3. The van der Waals surface area contributed by atoms with Crippen LogP contribution in [0.25, 0.3) is 67.2 Å². The van der Waals surface area contributed by atoms with Crippen molar-refractivity contribution in [3.8, 4) is 67.2 Å². The summed E-state index contributed by atoms with van der Waals surface area (Å²) in [5, 5.41) is 0. The zero-order chi connectivity index (χ0) is 58.9. The number of carbonyl (C=O) groups is 3.